The first-order valence-corrected chi connectivity index (χ1v) is 7.70. The first-order valence-electron chi connectivity index (χ1n) is 6.46. The van der Waals surface area contributed by atoms with E-state index in [1.165, 1.54) is 0 Å². The summed E-state index contributed by atoms with van der Waals surface area (Å²) in [7, 11) is 0. The average molecular weight is 346 g/mol. The molecule has 0 spiro atoms. The van der Waals surface area contributed by atoms with E-state index in [9.17, 15) is 4.79 Å². The van der Waals surface area contributed by atoms with Crippen LogP contribution in [0.5, 0.6) is 0 Å². The highest BCUT2D eigenvalue weighted by Gasteiger charge is 2.13. The van der Waals surface area contributed by atoms with E-state index in [0.717, 1.165) is 28.6 Å². The summed E-state index contributed by atoms with van der Waals surface area (Å²) in [6.45, 7) is 2.86. The van der Waals surface area contributed by atoms with Crippen LogP contribution in [-0.2, 0) is 0 Å². The Labute approximate surface area is 128 Å². The molecule has 106 valence electrons. The van der Waals surface area contributed by atoms with Crippen molar-refractivity contribution < 1.29 is 9.90 Å². The van der Waals surface area contributed by atoms with Crippen LogP contribution in [0.1, 0.15) is 36.5 Å². The number of carbonyl (C=O) groups is 1. The maximum atomic E-state index is 12.1. The number of hydrogen-bond donors (Lipinski definition) is 3. The van der Waals surface area contributed by atoms with Crippen molar-refractivity contribution in [2.24, 2.45) is 5.92 Å². The summed E-state index contributed by atoms with van der Waals surface area (Å²) >= 11 is 7.60. The number of nitrogens with one attached hydrogen (secondary N) is 1. The normalized spacial score (nSPS) is 12.2. The number of rotatable bonds is 7. The molecule has 1 unspecified atom stereocenters. The third kappa shape index (κ3) is 5.55. The van der Waals surface area contributed by atoms with Crippen LogP contribution in [-0.4, -0.2) is 24.2 Å². The number of benzene rings is 1. The van der Waals surface area contributed by atoms with Gasteiger partial charge in [0, 0.05) is 22.5 Å². The molecule has 1 atom stereocenters. The molecule has 5 heteroatoms. The fourth-order valence-electron chi connectivity index (χ4n) is 1.96. The van der Waals surface area contributed by atoms with Crippen LogP contribution in [0, 0.1) is 5.92 Å². The molecule has 0 aliphatic heterocycles. The van der Waals surface area contributed by atoms with Gasteiger partial charge in [-0.3, -0.25) is 4.79 Å². The number of halogens is 1. The van der Waals surface area contributed by atoms with Crippen molar-refractivity contribution in [3.05, 3.63) is 28.2 Å². The first-order chi connectivity index (χ1) is 9.08. The van der Waals surface area contributed by atoms with Gasteiger partial charge in [-0.15, -0.1) is 12.6 Å². The first kappa shape index (κ1) is 16.5. The fraction of sp³-hybridized carbons (Fsp3) is 0.500. The minimum absolute atomic E-state index is 0.109. The van der Waals surface area contributed by atoms with Crippen LogP contribution in [0.3, 0.4) is 0 Å². The lowest BCUT2D eigenvalue weighted by atomic mass is 10.00. The average Bonchev–Trinajstić information content (AvgIpc) is 2.39. The molecule has 0 aliphatic carbocycles. The molecule has 0 saturated carbocycles. The summed E-state index contributed by atoms with van der Waals surface area (Å²) in [5, 5.41) is 11.9. The summed E-state index contributed by atoms with van der Waals surface area (Å²) in [4.78, 5) is 12.9. The molecular formula is C14H20BrNO2S. The van der Waals surface area contributed by atoms with Gasteiger partial charge in [0.25, 0.3) is 5.91 Å². The molecule has 1 rings (SSSR count). The second-order valence-corrected chi connectivity index (χ2v) is 5.91. The standard InChI is InChI=1S/C14H20BrNO2S/c1-2-3-10(6-7-17)9-16-14(18)12-8-11(19)4-5-13(12)15/h4-5,8,10,17,19H,2-3,6-7,9H2,1H3,(H,16,18). The highest BCUT2D eigenvalue weighted by Crippen LogP contribution is 2.20. The Morgan fingerprint density at radius 2 is 2.21 bits per heavy atom. The van der Waals surface area contributed by atoms with Crippen LogP contribution >= 0.6 is 28.6 Å². The molecule has 1 aromatic rings. The van der Waals surface area contributed by atoms with Crippen molar-refractivity contribution in [2.45, 2.75) is 31.1 Å². The molecular weight excluding hydrogens is 326 g/mol. The van der Waals surface area contributed by atoms with Gasteiger partial charge in [0.05, 0.1) is 5.56 Å². The van der Waals surface area contributed by atoms with E-state index in [4.69, 9.17) is 5.11 Å². The topological polar surface area (TPSA) is 49.3 Å². The second-order valence-electron chi connectivity index (χ2n) is 4.54. The van der Waals surface area contributed by atoms with Gasteiger partial charge >= 0.3 is 0 Å². The van der Waals surface area contributed by atoms with Crippen molar-refractivity contribution in [2.75, 3.05) is 13.2 Å². The summed E-state index contributed by atoms with van der Waals surface area (Å²) in [5.74, 6) is 0.221. The molecule has 0 bridgehead atoms. The summed E-state index contributed by atoms with van der Waals surface area (Å²) in [6, 6.07) is 5.38. The zero-order valence-electron chi connectivity index (χ0n) is 11.0. The zero-order chi connectivity index (χ0) is 14.3. The van der Waals surface area contributed by atoms with E-state index in [1.54, 1.807) is 6.07 Å². The van der Waals surface area contributed by atoms with Crippen LogP contribution < -0.4 is 5.32 Å². The van der Waals surface area contributed by atoms with E-state index < -0.39 is 0 Å². The van der Waals surface area contributed by atoms with Crippen molar-refractivity contribution >= 4 is 34.5 Å². The number of amides is 1. The second kappa shape index (κ2) is 8.61. The third-order valence-corrected chi connectivity index (χ3v) is 3.95. The van der Waals surface area contributed by atoms with Gasteiger partial charge in [0.15, 0.2) is 0 Å². The Morgan fingerprint density at radius 1 is 1.47 bits per heavy atom. The van der Waals surface area contributed by atoms with Crippen molar-refractivity contribution in [1.82, 2.24) is 5.32 Å². The number of carbonyl (C=O) groups excluding carboxylic acids is 1. The fourth-order valence-corrected chi connectivity index (χ4v) is 2.59. The predicted octanol–water partition coefficient (Wildman–Crippen LogP) is 3.27. The van der Waals surface area contributed by atoms with Crippen molar-refractivity contribution in [1.29, 1.82) is 0 Å². The molecule has 19 heavy (non-hydrogen) atoms. The SMILES string of the molecule is CCCC(CCO)CNC(=O)c1cc(S)ccc1Br. The van der Waals surface area contributed by atoms with Gasteiger partial charge < -0.3 is 10.4 Å². The molecule has 0 saturated heterocycles. The highest BCUT2D eigenvalue weighted by molar-refractivity contribution is 9.10. The Balaban J connectivity index is 2.61. The lowest BCUT2D eigenvalue weighted by molar-refractivity contribution is 0.0942. The minimum atomic E-state index is -0.109. The molecule has 2 N–H and O–H groups in total. The lowest BCUT2D eigenvalue weighted by Crippen LogP contribution is -2.30. The van der Waals surface area contributed by atoms with Gasteiger partial charge in [-0.25, -0.2) is 0 Å². The highest BCUT2D eigenvalue weighted by atomic mass is 79.9. The van der Waals surface area contributed by atoms with Gasteiger partial charge in [-0.05, 0) is 52.9 Å². The number of aliphatic hydroxyl groups excluding tert-OH is 1. The largest absolute Gasteiger partial charge is 0.396 e. The van der Waals surface area contributed by atoms with Crippen LogP contribution in [0.2, 0.25) is 0 Å². The Hall–Kier alpha value is -0.520. The molecule has 0 aromatic heterocycles. The van der Waals surface area contributed by atoms with Crippen LogP contribution in [0.15, 0.2) is 27.6 Å². The number of hydrogen-bond acceptors (Lipinski definition) is 3. The van der Waals surface area contributed by atoms with Gasteiger partial charge in [-0.1, -0.05) is 13.3 Å². The monoisotopic (exact) mass is 345 g/mol. The molecule has 1 aromatic carbocycles. The Bertz CT molecular complexity index is 420. The summed E-state index contributed by atoms with van der Waals surface area (Å²) in [5.41, 5.74) is 0.590. The quantitative estimate of drug-likeness (QED) is 0.664. The molecule has 3 nitrogen and oxygen atoms in total. The van der Waals surface area contributed by atoms with Gasteiger partial charge in [0.2, 0.25) is 0 Å². The molecule has 1 amide bonds. The van der Waals surface area contributed by atoms with Crippen molar-refractivity contribution in [3.8, 4) is 0 Å². The van der Waals surface area contributed by atoms with E-state index in [2.05, 4.69) is 40.8 Å². The number of aliphatic hydroxyl groups is 1. The predicted molar refractivity (Wildman–Crippen MR) is 83.8 cm³/mol. The Morgan fingerprint density at radius 3 is 2.84 bits per heavy atom. The van der Waals surface area contributed by atoms with Crippen LogP contribution in [0.25, 0.3) is 0 Å². The van der Waals surface area contributed by atoms with E-state index in [1.807, 2.05) is 12.1 Å². The van der Waals surface area contributed by atoms with Gasteiger partial charge in [-0.2, -0.15) is 0 Å². The smallest absolute Gasteiger partial charge is 0.252 e. The van der Waals surface area contributed by atoms with E-state index in [0.29, 0.717) is 18.0 Å². The number of thiol groups is 1. The zero-order valence-corrected chi connectivity index (χ0v) is 13.5. The van der Waals surface area contributed by atoms with E-state index in [-0.39, 0.29) is 12.5 Å². The molecule has 0 fully saturated rings. The van der Waals surface area contributed by atoms with Crippen molar-refractivity contribution in [3.63, 3.8) is 0 Å². The Kier molecular flexibility index (Phi) is 7.49. The summed E-state index contributed by atoms with van der Waals surface area (Å²) in [6.07, 6.45) is 2.78. The third-order valence-electron chi connectivity index (χ3n) is 2.98. The lowest BCUT2D eigenvalue weighted by Gasteiger charge is -2.16. The molecule has 0 radical (unpaired) electrons. The molecule has 0 aliphatic rings. The maximum Gasteiger partial charge on any atom is 0.252 e. The molecule has 0 heterocycles. The summed E-state index contributed by atoms with van der Waals surface area (Å²) < 4.78 is 0.761. The maximum absolute atomic E-state index is 12.1. The van der Waals surface area contributed by atoms with E-state index >= 15 is 0 Å². The van der Waals surface area contributed by atoms with Crippen LogP contribution in [0.4, 0.5) is 0 Å². The minimum Gasteiger partial charge on any atom is -0.396 e. The van der Waals surface area contributed by atoms with Gasteiger partial charge in [0.1, 0.15) is 0 Å².